The van der Waals surface area contributed by atoms with Crippen LogP contribution in [0.5, 0.6) is 0 Å². The second-order valence-electron chi connectivity index (χ2n) is 6.92. The molecular formula is C16H29NO2. The molecule has 2 aliphatic rings. The molecule has 2 fully saturated rings. The monoisotopic (exact) mass is 267 g/mol. The fraction of sp³-hybridized carbons (Fsp3) is 0.938. The Bertz CT molecular complexity index is 297. The largest absolute Gasteiger partial charge is 0.462 e. The summed E-state index contributed by atoms with van der Waals surface area (Å²) in [7, 11) is 0. The van der Waals surface area contributed by atoms with Crippen LogP contribution < -0.4 is 5.32 Å². The SMILES string of the molecule is CC1CCC(C(C)C)C(OC(=O)CC2CCNC2)C1. The smallest absolute Gasteiger partial charge is 0.306 e. The Morgan fingerprint density at radius 3 is 2.74 bits per heavy atom. The molecule has 0 aromatic carbocycles. The number of esters is 1. The third-order valence-electron chi connectivity index (χ3n) is 4.86. The quantitative estimate of drug-likeness (QED) is 0.796. The first kappa shape index (κ1) is 14.8. The highest BCUT2D eigenvalue weighted by Gasteiger charge is 2.33. The molecule has 1 aliphatic carbocycles. The van der Waals surface area contributed by atoms with Crippen molar-refractivity contribution in [2.45, 2.75) is 59.0 Å². The lowest BCUT2D eigenvalue weighted by atomic mass is 9.75. The van der Waals surface area contributed by atoms with E-state index in [2.05, 4.69) is 26.1 Å². The van der Waals surface area contributed by atoms with E-state index in [1.54, 1.807) is 0 Å². The first-order chi connectivity index (χ1) is 9.06. The van der Waals surface area contributed by atoms with Gasteiger partial charge < -0.3 is 10.1 Å². The molecule has 0 bridgehead atoms. The van der Waals surface area contributed by atoms with Gasteiger partial charge in [-0.2, -0.15) is 0 Å². The minimum absolute atomic E-state index is 0.0263. The van der Waals surface area contributed by atoms with Crippen LogP contribution in [0.1, 0.15) is 52.9 Å². The van der Waals surface area contributed by atoms with Gasteiger partial charge >= 0.3 is 5.97 Å². The highest BCUT2D eigenvalue weighted by atomic mass is 16.5. The lowest BCUT2D eigenvalue weighted by Gasteiger charge is -2.36. The Balaban J connectivity index is 1.85. The van der Waals surface area contributed by atoms with Crippen LogP contribution >= 0.6 is 0 Å². The maximum atomic E-state index is 12.1. The van der Waals surface area contributed by atoms with Crippen molar-refractivity contribution in [3.05, 3.63) is 0 Å². The first-order valence-electron chi connectivity index (χ1n) is 7.96. The van der Waals surface area contributed by atoms with Gasteiger partial charge in [0.15, 0.2) is 0 Å². The van der Waals surface area contributed by atoms with E-state index in [0.29, 0.717) is 30.1 Å². The topological polar surface area (TPSA) is 38.3 Å². The molecule has 4 atom stereocenters. The van der Waals surface area contributed by atoms with Crippen LogP contribution in [0.4, 0.5) is 0 Å². The third kappa shape index (κ3) is 4.20. The highest BCUT2D eigenvalue weighted by Crippen LogP contribution is 2.35. The lowest BCUT2D eigenvalue weighted by molar-refractivity contribution is -0.156. The molecule has 1 saturated heterocycles. The molecule has 0 aromatic heterocycles. The van der Waals surface area contributed by atoms with Crippen molar-refractivity contribution in [3.63, 3.8) is 0 Å². The Labute approximate surface area is 117 Å². The van der Waals surface area contributed by atoms with Gasteiger partial charge in [0.25, 0.3) is 0 Å². The van der Waals surface area contributed by atoms with E-state index >= 15 is 0 Å². The van der Waals surface area contributed by atoms with Gasteiger partial charge in [0.1, 0.15) is 6.10 Å². The van der Waals surface area contributed by atoms with Crippen LogP contribution in [0.25, 0.3) is 0 Å². The van der Waals surface area contributed by atoms with Gasteiger partial charge in [-0.05, 0) is 56.0 Å². The molecule has 110 valence electrons. The summed E-state index contributed by atoms with van der Waals surface area (Å²) in [5, 5.41) is 3.31. The average Bonchev–Trinajstić information content (AvgIpc) is 2.81. The van der Waals surface area contributed by atoms with Crippen molar-refractivity contribution in [2.75, 3.05) is 13.1 Å². The average molecular weight is 267 g/mol. The summed E-state index contributed by atoms with van der Waals surface area (Å²) in [5.74, 6) is 2.38. The van der Waals surface area contributed by atoms with Gasteiger partial charge in [0, 0.05) is 6.42 Å². The predicted molar refractivity (Wildman–Crippen MR) is 76.8 cm³/mol. The van der Waals surface area contributed by atoms with Crippen LogP contribution in [0, 0.1) is 23.7 Å². The molecule has 0 radical (unpaired) electrons. The number of carbonyl (C=O) groups is 1. The summed E-state index contributed by atoms with van der Waals surface area (Å²) in [6.45, 7) is 8.81. The minimum atomic E-state index is 0.0263. The van der Waals surface area contributed by atoms with E-state index < -0.39 is 0 Å². The summed E-state index contributed by atoms with van der Waals surface area (Å²) in [6.07, 6.45) is 5.42. The van der Waals surface area contributed by atoms with Crippen LogP contribution in [-0.4, -0.2) is 25.2 Å². The number of carbonyl (C=O) groups excluding carboxylic acids is 1. The van der Waals surface area contributed by atoms with Gasteiger partial charge in [-0.3, -0.25) is 4.79 Å². The molecule has 0 spiro atoms. The van der Waals surface area contributed by atoms with Crippen LogP contribution in [0.15, 0.2) is 0 Å². The molecule has 4 unspecified atom stereocenters. The van der Waals surface area contributed by atoms with Crippen molar-refractivity contribution in [1.29, 1.82) is 0 Å². The molecule has 1 N–H and O–H groups in total. The van der Waals surface area contributed by atoms with Crippen molar-refractivity contribution >= 4 is 5.97 Å². The molecule has 2 rings (SSSR count). The number of nitrogens with one attached hydrogen (secondary N) is 1. The second-order valence-corrected chi connectivity index (χ2v) is 6.92. The number of hydrogen-bond donors (Lipinski definition) is 1. The van der Waals surface area contributed by atoms with Crippen molar-refractivity contribution in [2.24, 2.45) is 23.7 Å². The molecular weight excluding hydrogens is 238 g/mol. The summed E-state index contributed by atoms with van der Waals surface area (Å²) < 4.78 is 5.83. The van der Waals surface area contributed by atoms with Gasteiger partial charge in [0.2, 0.25) is 0 Å². The normalized spacial score (nSPS) is 35.6. The minimum Gasteiger partial charge on any atom is -0.462 e. The molecule has 0 aromatic rings. The van der Waals surface area contributed by atoms with E-state index in [9.17, 15) is 4.79 Å². The van der Waals surface area contributed by atoms with E-state index in [-0.39, 0.29) is 12.1 Å². The Hall–Kier alpha value is -0.570. The predicted octanol–water partition coefficient (Wildman–Crippen LogP) is 2.99. The third-order valence-corrected chi connectivity index (χ3v) is 4.86. The molecule has 1 saturated carbocycles. The molecule has 3 heteroatoms. The van der Waals surface area contributed by atoms with Gasteiger partial charge in [-0.1, -0.05) is 27.2 Å². The van der Waals surface area contributed by atoms with E-state index in [4.69, 9.17) is 4.74 Å². The van der Waals surface area contributed by atoms with Crippen LogP contribution in [-0.2, 0) is 9.53 Å². The molecule has 3 nitrogen and oxygen atoms in total. The molecule has 1 heterocycles. The zero-order chi connectivity index (χ0) is 13.8. The van der Waals surface area contributed by atoms with Gasteiger partial charge in [-0.15, -0.1) is 0 Å². The number of hydrogen-bond acceptors (Lipinski definition) is 3. The highest BCUT2D eigenvalue weighted by molar-refractivity contribution is 5.70. The first-order valence-corrected chi connectivity index (χ1v) is 7.96. The summed E-state index contributed by atoms with van der Waals surface area (Å²) in [5.41, 5.74) is 0. The van der Waals surface area contributed by atoms with E-state index in [1.165, 1.54) is 12.8 Å². The molecule has 1 aliphatic heterocycles. The maximum Gasteiger partial charge on any atom is 0.306 e. The standard InChI is InChI=1S/C16H29NO2/c1-11(2)14-5-4-12(3)8-15(14)19-16(18)9-13-6-7-17-10-13/h11-15,17H,4-10H2,1-3H3. The fourth-order valence-corrected chi connectivity index (χ4v) is 3.59. The van der Waals surface area contributed by atoms with Gasteiger partial charge in [-0.25, -0.2) is 0 Å². The van der Waals surface area contributed by atoms with Crippen LogP contribution in [0.2, 0.25) is 0 Å². The summed E-state index contributed by atoms with van der Waals surface area (Å²) >= 11 is 0. The van der Waals surface area contributed by atoms with E-state index in [1.807, 2.05) is 0 Å². The fourth-order valence-electron chi connectivity index (χ4n) is 3.59. The Kier molecular flexibility index (Phi) is 5.26. The van der Waals surface area contributed by atoms with Gasteiger partial charge in [0.05, 0.1) is 0 Å². The summed E-state index contributed by atoms with van der Waals surface area (Å²) in [6, 6.07) is 0. The van der Waals surface area contributed by atoms with Crippen molar-refractivity contribution in [3.8, 4) is 0 Å². The van der Waals surface area contributed by atoms with Crippen molar-refractivity contribution in [1.82, 2.24) is 5.32 Å². The molecule has 0 amide bonds. The zero-order valence-electron chi connectivity index (χ0n) is 12.7. The maximum absolute atomic E-state index is 12.1. The number of rotatable bonds is 4. The Morgan fingerprint density at radius 2 is 2.11 bits per heavy atom. The number of ether oxygens (including phenoxy) is 1. The lowest BCUT2D eigenvalue weighted by Crippen LogP contribution is -2.36. The zero-order valence-corrected chi connectivity index (χ0v) is 12.7. The van der Waals surface area contributed by atoms with Crippen LogP contribution in [0.3, 0.4) is 0 Å². The van der Waals surface area contributed by atoms with E-state index in [0.717, 1.165) is 25.9 Å². The Morgan fingerprint density at radius 1 is 1.32 bits per heavy atom. The van der Waals surface area contributed by atoms with Crippen molar-refractivity contribution < 1.29 is 9.53 Å². The summed E-state index contributed by atoms with van der Waals surface area (Å²) in [4.78, 5) is 12.1. The molecule has 19 heavy (non-hydrogen) atoms. The second kappa shape index (κ2) is 6.74.